The quantitative estimate of drug-likeness (QED) is 0.664. The lowest BCUT2D eigenvalue weighted by atomic mass is 9.99. The van der Waals surface area contributed by atoms with Crippen molar-refractivity contribution < 1.29 is 19.1 Å². The van der Waals surface area contributed by atoms with Crippen LogP contribution in [0.4, 0.5) is 5.69 Å². The van der Waals surface area contributed by atoms with Crippen LogP contribution in [0.5, 0.6) is 0 Å². The van der Waals surface area contributed by atoms with Gasteiger partial charge in [0, 0.05) is 18.3 Å². The van der Waals surface area contributed by atoms with Gasteiger partial charge < -0.3 is 15.0 Å². The van der Waals surface area contributed by atoms with Crippen molar-refractivity contribution in [3.63, 3.8) is 0 Å². The summed E-state index contributed by atoms with van der Waals surface area (Å²) in [5, 5.41) is 2.69. The highest BCUT2D eigenvalue weighted by atomic mass is 16.5. The lowest BCUT2D eigenvalue weighted by Crippen LogP contribution is -2.44. The smallest absolute Gasteiger partial charge is 0.337 e. The number of anilines is 1. The second kappa shape index (κ2) is 8.47. The van der Waals surface area contributed by atoms with Crippen molar-refractivity contribution in [1.82, 2.24) is 4.90 Å². The zero-order valence-electron chi connectivity index (χ0n) is 14.2. The van der Waals surface area contributed by atoms with Gasteiger partial charge in [0.1, 0.15) is 6.42 Å². The predicted molar refractivity (Wildman–Crippen MR) is 90.7 cm³/mol. The topological polar surface area (TPSA) is 75.7 Å². The third kappa shape index (κ3) is 4.57. The van der Waals surface area contributed by atoms with Crippen LogP contribution in [0.25, 0.3) is 0 Å². The summed E-state index contributed by atoms with van der Waals surface area (Å²) in [6.07, 6.45) is 3.91. The van der Waals surface area contributed by atoms with Gasteiger partial charge in [0.15, 0.2) is 0 Å². The summed E-state index contributed by atoms with van der Waals surface area (Å²) in [4.78, 5) is 37.6. The Hall–Kier alpha value is -2.37. The van der Waals surface area contributed by atoms with Crippen molar-refractivity contribution in [2.24, 2.45) is 0 Å². The van der Waals surface area contributed by atoms with Crippen LogP contribution in [0.15, 0.2) is 24.3 Å². The van der Waals surface area contributed by atoms with Crippen molar-refractivity contribution in [3.8, 4) is 0 Å². The number of carbonyl (C=O) groups excluding carboxylic acids is 3. The molecule has 0 radical (unpaired) electrons. The lowest BCUT2D eigenvalue weighted by Gasteiger charge is -2.35. The molecule has 1 aliphatic heterocycles. The van der Waals surface area contributed by atoms with E-state index >= 15 is 0 Å². The van der Waals surface area contributed by atoms with Gasteiger partial charge in [-0.2, -0.15) is 0 Å². The molecule has 1 heterocycles. The molecule has 0 bridgehead atoms. The van der Waals surface area contributed by atoms with Crippen molar-refractivity contribution in [3.05, 3.63) is 29.8 Å². The molecule has 2 amide bonds. The fourth-order valence-electron chi connectivity index (χ4n) is 3.00. The number of esters is 1. The minimum absolute atomic E-state index is 0.120. The van der Waals surface area contributed by atoms with Crippen LogP contribution in [-0.4, -0.2) is 42.4 Å². The molecule has 24 heavy (non-hydrogen) atoms. The fourth-order valence-corrected chi connectivity index (χ4v) is 3.00. The number of rotatable bonds is 5. The van der Waals surface area contributed by atoms with E-state index in [0.717, 1.165) is 32.2 Å². The number of nitrogens with zero attached hydrogens (tertiary/aromatic N) is 1. The standard InChI is InChI=1S/C18H24N2O4/c1-3-15-6-4-5-11-20(15)17(22)12-16(21)19-14-9-7-13(8-10-14)18(23)24-2/h7-10,15H,3-6,11-12H2,1-2H3,(H,19,21). The van der Waals surface area contributed by atoms with Crippen LogP contribution in [0.2, 0.25) is 0 Å². The fraction of sp³-hybridized carbons (Fsp3) is 0.500. The van der Waals surface area contributed by atoms with Crippen LogP contribution >= 0.6 is 0 Å². The molecule has 1 fully saturated rings. The first-order valence-electron chi connectivity index (χ1n) is 8.32. The van der Waals surface area contributed by atoms with Crippen LogP contribution in [-0.2, 0) is 14.3 Å². The predicted octanol–water partition coefficient (Wildman–Crippen LogP) is 2.59. The summed E-state index contributed by atoms with van der Waals surface area (Å²) in [5.41, 5.74) is 0.955. The molecular formula is C18H24N2O4. The number of hydrogen-bond acceptors (Lipinski definition) is 4. The van der Waals surface area contributed by atoms with Gasteiger partial charge in [-0.25, -0.2) is 4.79 Å². The van der Waals surface area contributed by atoms with Crippen molar-refractivity contribution >= 4 is 23.5 Å². The molecule has 6 heteroatoms. The first kappa shape index (κ1) is 18.0. The monoisotopic (exact) mass is 332 g/mol. The molecule has 130 valence electrons. The van der Waals surface area contributed by atoms with Gasteiger partial charge in [0.2, 0.25) is 11.8 Å². The second-order valence-corrected chi connectivity index (χ2v) is 5.94. The summed E-state index contributed by atoms with van der Waals surface area (Å²) in [6.45, 7) is 2.80. The summed E-state index contributed by atoms with van der Waals surface area (Å²) in [6, 6.07) is 6.62. The largest absolute Gasteiger partial charge is 0.465 e. The van der Waals surface area contributed by atoms with Crippen LogP contribution in [0.1, 0.15) is 49.4 Å². The summed E-state index contributed by atoms with van der Waals surface area (Å²) in [5.74, 6) is -0.893. The summed E-state index contributed by atoms with van der Waals surface area (Å²) in [7, 11) is 1.31. The molecule has 1 aliphatic rings. The van der Waals surface area contributed by atoms with E-state index in [2.05, 4.69) is 17.0 Å². The van der Waals surface area contributed by atoms with E-state index in [1.54, 1.807) is 24.3 Å². The molecule has 1 unspecified atom stereocenters. The lowest BCUT2D eigenvalue weighted by molar-refractivity contribution is -0.137. The van der Waals surface area contributed by atoms with Crippen molar-refractivity contribution in [2.45, 2.75) is 45.1 Å². The van der Waals surface area contributed by atoms with Gasteiger partial charge in [-0.15, -0.1) is 0 Å². The Balaban J connectivity index is 1.90. The average Bonchev–Trinajstić information content (AvgIpc) is 2.61. The van der Waals surface area contributed by atoms with Crippen LogP contribution in [0.3, 0.4) is 0 Å². The highest BCUT2D eigenvalue weighted by Crippen LogP contribution is 2.20. The zero-order chi connectivity index (χ0) is 17.5. The Morgan fingerprint density at radius 2 is 1.92 bits per heavy atom. The van der Waals surface area contributed by atoms with E-state index < -0.39 is 5.97 Å². The summed E-state index contributed by atoms with van der Waals surface area (Å²) >= 11 is 0. The van der Waals surface area contributed by atoms with E-state index in [1.807, 2.05) is 4.90 Å². The van der Waals surface area contributed by atoms with Crippen molar-refractivity contribution in [2.75, 3.05) is 19.0 Å². The van der Waals surface area contributed by atoms with E-state index in [0.29, 0.717) is 11.3 Å². The molecule has 1 N–H and O–H groups in total. The molecular weight excluding hydrogens is 308 g/mol. The van der Waals surface area contributed by atoms with Crippen LogP contribution in [0, 0.1) is 0 Å². The molecule has 0 aliphatic carbocycles. The molecule has 2 rings (SSSR count). The Bertz CT molecular complexity index is 598. The zero-order valence-corrected chi connectivity index (χ0v) is 14.2. The third-order valence-corrected chi connectivity index (χ3v) is 4.32. The Labute approximate surface area is 142 Å². The molecule has 0 saturated carbocycles. The van der Waals surface area contributed by atoms with Gasteiger partial charge in [-0.3, -0.25) is 9.59 Å². The van der Waals surface area contributed by atoms with Gasteiger partial charge in [0.05, 0.1) is 12.7 Å². The van der Waals surface area contributed by atoms with E-state index in [9.17, 15) is 14.4 Å². The minimum Gasteiger partial charge on any atom is -0.465 e. The third-order valence-electron chi connectivity index (χ3n) is 4.32. The number of nitrogens with one attached hydrogen (secondary N) is 1. The number of piperidine rings is 1. The molecule has 1 aromatic rings. The molecule has 1 aromatic carbocycles. The molecule has 6 nitrogen and oxygen atoms in total. The summed E-state index contributed by atoms with van der Waals surface area (Å²) < 4.78 is 4.62. The molecule has 1 atom stereocenters. The first-order valence-corrected chi connectivity index (χ1v) is 8.32. The number of likely N-dealkylation sites (tertiary alicyclic amines) is 1. The average molecular weight is 332 g/mol. The Morgan fingerprint density at radius 3 is 2.54 bits per heavy atom. The van der Waals surface area contributed by atoms with E-state index in [1.165, 1.54) is 7.11 Å². The van der Waals surface area contributed by atoms with E-state index in [4.69, 9.17) is 0 Å². The maximum absolute atomic E-state index is 12.4. The molecule has 1 saturated heterocycles. The van der Waals surface area contributed by atoms with E-state index in [-0.39, 0.29) is 24.3 Å². The van der Waals surface area contributed by atoms with Crippen LogP contribution < -0.4 is 5.32 Å². The number of hydrogen-bond donors (Lipinski definition) is 1. The van der Waals surface area contributed by atoms with Crippen molar-refractivity contribution in [1.29, 1.82) is 0 Å². The molecule has 0 aromatic heterocycles. The maximum atomic E-state index is 12.4. The maximum Gasteiger partial charge on any atom is 0.337 e. The van der Waals surface area contributed by atoms with Gasteiger partial charge in [-0.05, 0) is 49.9 Å². The van der Waals surface area contributed by atoms with Gasteiger partial charge >= 0.3 is 5.97 Å². The second-order valence-electron chi connectivity index (χ2n) is 5.94. The first-order chi connectivity index (χ1) is 11.5. The highest BCUT2D eigenvalue weighted by molar-refractivity contribution is 6.03. The number of benzene rings is 1. The number of methoxy groups -OCH3 is 1. The van der Waals surface area contributed by atoms with Gasteiger partial charge in [0.25, 0.3) is 0 Å². The number of amides is 2. The minimum atomic E-state index is -0.432. The highest BCUT2D eigenvalue weighted by Gasteiger charge is 2.26. The Kier molecular flexibility index (Phi) is 6.35. The SMILES string of the molecule is CCC1CCCCN1C(=O)CC(=O)Nc1ccc(C(=O)OC)cc1. The molecule has 0 spiro atoms. The number of ether oxygens (including phenoxy) is 1. The number of carbonyl (C=O) groups is 3. The van der Waals surface area contributed by atoms with Gasteiger partial charge in [-0.1, -0.05) is 6.92 Å². The Morgan fingerprint density at radius 1 is 1.21 bits per heavy atom. The normalized spacial score (nSPS) is 17.2.